The van der Waals surface area contributed by atoms with Crippen molar-refractivity contribution < 1.29 is 23.6 Å². The van der Waals surface area contributed by atoms with Crippen molar-refractivity contribution in [3.05, 3.63) is 75.6 Å². The number of nitro benzene ring substituents is 1. The summed E-state index contributed by atoms with van der Waals surface area (Å²) >= 11 is 0. The van der Waals surface area contributed by atoms with E-state index in [9.17, 15) is 24.1 Å². The topological polar surface area (TPSA) is 111 Å². The van der Waals surface area contributed by atoms with Gasteiger partial charge in [0.2, 0.25) is 5.91 Å². The molecule has 2 N–H and O–H groups in total. The average Bonchev–Trinajstić information content (AvgIpc) is 2.74. The Balaban J connectivity index is 1.42. The van der Waals surface area contributed by atoms with E-state index in [1.807, 2.05) is 0 Å². The third-order valence-corrected chi connectivity index (χ3v) is 4.87. The van der Waals surface area contributed by atoms with Gasteiger partial charge in [-0.25, -0.2) is 4.39 Å². The second-order valence-electron chi connectivity index (χ2n) is 7.01. The molecule has 8 nitrogen and oxygen atoms in total. The Hall–Kier alpha value is -3.33. The molecular formula is C21H22FN3O5. The fourth-order valence-corrected chi connectivity index (χ4v) is 3.26. The van der Waals surface area contributed by atoms with Crippen LogP contribution in [0.15, 0.2) is 48.5 Å². The Bertz CT molecular complexity index is 902. The van der Waals surface area contributed by atoms with Gasteiger partial charge in [-0.1, -0.05) is 12.1 Å². The minimum absolute atomic E-state index is 0.0633. The predicted molar refractivity (Wildman–Crippen MR) is 106 cm³/mol. The van der Waals surface area contributed by atoms with E-state index in [4.69, 9.17) is 4.74 Å². The highest BCUT2D eigenvalue weighted by molar-refractivity contribution is 5.94. The summed E-state index contributed by atoms with van der Waals surface area (Å²) in [5.41, 5.74) is 1.06. The molecule has 1 heterocycles. The summed E-state index contributed by atoms with van der Waals surface area (Å²) in [5.74, 6) is -0.904. The van der Waals surface area contributed by atoms with E-state index in [1.54, 1.807) is 12.1 Å². The molecule has 1 aliphatic heterocycles. The molecule has 1 fully saturated rings. The van der Waals surface area contributed by atoms with E-state index in [2.05, 4.69) is 10.6 Å². The van der Waals surface area contributed by atoms with Gasteiger partial charge in [0.25, 0.3) is 11.6 Å². The van der Waals surface area contributed by atoms with E-state index < -0.39 is 10.8 Å². The van der Waals surface area contributed by atoms with Gasteiger partial charge in [0.15, 0.2) is 0 Å². The monoisotopic (exact) mass is 415 g/mol. The van der Waals surface area contributed by atoms with Crippen molar-refractivity contribution in [1.29, 1.82) is 0 Å². The normalized spacial score (nSPS) is 18.4. The van der Waals surface area contributed by atoms with Crippen LogP contribution in [0, 0.1) is 15.9 Å². The lowest BCUT2D eigenvalue weighted by Gasteiger charge is -2.30. The Morgan fingerprint density at radius 3 is 2.50 bits per heavy atom. The molecule has 2 amide bonds. The first-order valence-electron chi connectivity index (χ1n) is 9.61. The zero-order valence-electron chi connectivity index (χ0n) is 16.2. The highest BCUT2D eigenvalue weighted by Crippen LogP contribution is 2.28. The SMILES string of the molecule is O=C(CCNC(=O)c1ccc([N+](=O)[O-])cc1)NC1CCOC(c2ccc(F)cc2)C1. The molecule has 0 saturated carbocycles. The molecule has 2 atom stereocenters. The highest BCUT2D eigenvalue weighted by Gasteiger charge is 2.25. The van der Waals surface area contributed by atoms with E-state index in [0.717, 1.165) is 5.56 Å². The first-order chi connectivity index (χ1) is 14.4. The molecule has 2 aromatic rings. The van der Waals surface area contributed by atoms with E-state index in [-0.39, 0.29) is 48.1 Å². The van der Waals surface area contributed by atoms with Crippen LogP contribution in [-0.4, -0.2) is 35.9 Å². The van der Waals surface area contributed by atoms with Gasteiger partial charge in [-0.15, -0.1) is 0 Å². The number of nitrogens with zero attached hydrogens (tertiary/aromatic N) is 1. The molecule has 2 unspecified atom stereocenters. The number of halogens is 1. The number of carbonyl (C=O) groups excluding carboxylic acids is 2. The van der Waals surface area contributed by atoms with Crippen LogP contribution in [0.2, 0.25) is 0 Å². The summed E-state index contributed by atoms with van der Waals surface area (Å²) < 4.78 is 18.8. The van der Waals surface area contributed by atoms with E-state index in [0.29, 0.717) is 19.4 Å². The molecule has 0 aromatic heterocycles. The van der Waals surface area contributed by atoms with Crippen molar-refractivity contribution >= 4 is 17.5 Å². The zero-order chi connectivity index (χ0) is 21.5. The molecule has 0 radical (unpaired) electrons. The average molecular weight is 415 g/mol. The largest absolute Gasteiger partial charge is 0.373 e. The van der Waals surface area contributed by atoms with E-state index in [1.165, 1.54) is 36.4 Å². The van der Waals surface area contributed by atoms with Crippen molar-refractivity contribution in [2.75, 3.05) is 13.2 Å². The summed E-state index contributed by atoms with van der Waals surface area (Å²) in [4.78, 5) is 34.4. The number of amides is 2. The van der Waals surface area contributed by atoms with Crippen LogP contribution in [0.25, 0.3) is 0 Å². The minimum atomic E-state index is -0.539. The number of benzene rings is 2. The Morgan fingerprint density at radius 2 is 1.83 bits per heavy atom. The highest BCUT2D eigenvalue weighted by atomic mass is 19.1. The summed E-state index contributed by atoms with van der Waals surface area (Å²) in [6, 6.07) is 11.3. The lowest BCUT2D eigenvalue weighted by molar-refractivity contribution is -0.384. The summed E-state index contributed by atoms with van der Waals surface area (Å²) in [6.07, 6.45) is 1.18. The molecule has 1 aliphatic rings. The number of hydrogen-bond donors (Lipinski definition) is 2. The van der Waals surface area contributed by atoms with Crippen LogP contribution < -0.4 is 10.6 Å². The van der Waals surface area contributed by atoms with Crippen LogP contribution in [0.5, 0.6) is 0 Å². The van der Waals surface area contributed by atoms with Gasteiger partial charge >= 0.3 is 0 Å². The van der Waals surface area contributed by atoms with Crippen LogP contribution >= 0.6 is 0 Å². The fourth-order valence-electron chi connectivity index (χ4n) is 3.26. The predicted octanol–water partition coefficient (Wildman–Crippen LogP) is 2.89. The first kappa shape index (κ1) is 21.4. The van der Waals surface area contributed by atoms with Gasteiger partial charge in [0, 0.05) is 43.3 Å². The van der Waals surface area contributed by atoms with Crippen LogP contribution in [-0.2, 0) is 9.53 Å². The Morgan fingerprint density at radius 1 is 1.13 bits per heavy atom. The van der Waals surface area contributed by atoms with Crippen molar-refractivity contribution in [3.8, 4) is 0 Å². The van der Waals surface area contributed by atoms with Crippen molar-refractivity contribution in [3.63, 3.8) is 0 Å². The number of ether oxygens (including phenoxy) is 1. The number of non-ortho nitro benzene ring substituents is 1. The molecule has 0 spiro atoms. The smallest absolute Gasteiger partial charge is 0.269 e. The lowest BCUT2D eigenvalue weighted by Crippen LogP contribution is -2.41. The third kappa shape index (κ3) is 5.84. The van der Waals surface area contributed by atoms with Crippen molar-refractivity contribution in [2.45, 2.75) is 31.4 Å². The van der Waals surface area contributed by atoms with Gasteiger partial charge in [-0.3, -0.25) is 19.7 Å². The molecule has 3 rings (SSSR count). The van der Waals surface area contributed by atoms with E-state index >= 15 is 0 Å². The Labute approximate surface area is 172 Å². The van der Waals surface area contributed by atoms with Gasteiger partial charge < -0.3 is 15.4 Å². The Kier molecular flexibility index (Phi) is 7.08. The first-order valence-corrected chi connectivity index (χ1v) is 9.61. The lowest BCUT2D eigenvalue weighted by atomic mass is 9.97. The van der Waals surface area contributed by atoms with Crippen molar-refractivity contribution in [2.24, 2.45) is 0 Å². The van der Waals surface area contributed by atoms with Gasteiger partial charge in [0.1, 0.15) is 5.82 Å². The number of rotatable bonds is 7. The summed E-state index contributed by atoms with van der Waals surface area (Å²) in [7, 11) is 0. The quantitative estimate of drug-likeness (QED) is 0.534. The number of hydrogen-bond acceptors (Lipinski definition) is 5. The van der Waals surface area contributed by atoms with Crippen LogP contribution in [0.4, 0.5) is 10.1 Å². The maximum atomic E-state index is 13.1. The zero-order valence-corrected chi connectivity index (χ0v) is 16.2. The van der Waals surface area contributed by atoms with Gasteiger partial charge in [-0.2, -0.15) is 0 Å². The second kappa shape index (κ2) is 9.93. The van der Waals surface area contributed by atoms with Crippen LogP contribution in [0.3, 0.4) is 0 Å². The maximum absolute atomic E-state index is 13.1. The number of nitrogens with one attached hydrogen (secondary N) is 2. The maximum Gasteiger partial charge on any atom is 0.269 e. The second-order valence-corrected chi connectivity index (χ2v) is 7.01. The molecule has 0 bridgehead atoms. The fraction of sp³-hybridized carbons (Fsp3) is 0.333. The molecule has 158 valence electrons. The number of carbonyl (C=O) groups is 2. The summed E-state index contributed by atoms with van der Waals surface area (Å²) in [5, 5.41) is 16.2. The third-order valence-electron chi connectivity index (χ3n) is 4.87. The van der Waals surface area contributed by atoms with Crippen LogP contribution in [0.1, 0.15) is 41.3 Å². The molecule has 2 aromatic carbocycles. The standard InChI is InChI=1S/C21H22FN3O5/c22-16-5-1-14(2-6-16)19-13-17(10-12-30-19)24-20(26)9-11-23-21(27)15-3-7-18(8-4-15)25(28)29/h1-8,17,19H,9-13H2,(H,23,27)(H,24,26). The summed E-state index contributed by atoms with van der Waals surface area (Å²) in [6.45, 7) is 0.635. The van der Waals surface area contributed by atoms with Crippen molar-refractivity contribution in [1.82, 2.24) is 10.6 Å². The molecule has 0 aliphatic carbocycles. The molecular weight excluding hydrogens is 393 g/mol. The van der Waals surface area contributed by atoms with Gasteiger partial charge in [0.05, 0.1) is 11.0 Å². The molecule has 30 heavy (non-hydrogen) atoms. The minimum Gasteiger partial charge on any atom is -0.373 e. The molecule has 1 saturated heterocycles. The molecule has 9 heteroatoms. The number of nitro groups is 1. The van der Waals surface area contributed by atoms with Gasteiger partial charge in [-0.05, 0) is 42.7 Å².